The number of hydrogen-bond donors (Lipinski definition) is 2. The lowest BCUT2D eigenvalue weighted by Gasteiger charge is -2.14. The Bertz CT molecular complexity index is 1290. The van der Waals surface area contributed by atoms with Crippen LogP contribution in [0.2, 0.25) is 0 Å². The number of carbonyl (C=O) groups excluding carboxylic acids is 1. The van der Waals surface area contributed by atoms with Gasteiger partial charge in [-0.25, -0.2) is 12.8 Å². The Morgan fingerprint density at radius 3 is 2.55 bits per heavy atom. The van der Waals surface area contributed by atoms with E-state index in [4.69, 9.17) is 9.47 Å². The molecule has 0 aliphatic carbocycles. The molecule has 1 atom stereocenters. The van der Waals surface area contributed by atoms with Crippen LogP contribution in [-0.2, 0) is 16.4 Å². The van der Waals surface area contributed by atoms with Crippen molar-refractivity contribution in [2.24, 2.45) is 0 Å². The molecule has 0 saturated carbocycles. The quantitative estimate of drug-likeness (QED) is 0.526. The van der Waals surface area contributed by atoms with Crippen LogP contribution < -0.4 is 19.5 Å². The van der Waals surface area contributed by atoms with E-state index in [1.54, 1.807) is 6.07 Å². The third kappa shape index (κ3) is 4.93. The molecule has 172 valence electrons. The molecule has 0 fully saturated rings. The van der Waals surface area contributed by atoms with Crippen molar-refractivity contribution >= 4 is 27.3 Å². The van der Waals surface area contributed by atoms with Gasteiger partial charge in [-0.3, -0.25) is 9.52 Å². The summed E-state index contributed by atoms with van der Waals surface area (Å²) in [5.74, 6) is 0.111. The zero-order valence-corrected chi connectivity index (χ0v) is 18.9. The zero-order chi connectivity index (χ0) is 23.6. The van der Waals surface area contributed by atoms with Gasteiger partial charge in [0.25, 0.3) is 15.9 Å². The molecule has 3 aromatic carbocycles. The average molecular weight is 471 g/mol. The molecule has 1 amide bonds. The number of sulfonamides is 1. The Labute approximate surface area is 191 Å². The van der Waals surface area contributed by atoms with E-state index in [1.807, 2.05) is 19.9 Å². The maximum atomic E-state index is 13.8. The number of para-hydroxylation sites is 1. The number of halogens is 1. The molecule has 1 aliphatic heterocycles. The number of benzene rings is 3. The van der Waals surface area contributed by atoms with E-state index in [-0.39, 0.29) is 22.3 Å². The summed E-state index contributed by atoms with van der Waals surface area (Å²) in [6, 6.07) is 14.4. The van der Waals surface area contributed by atoms with E-state index in [0.29, 0.717) is 23.8 Å². The van der Waals surface area contributed by atoms with Gasteiger partial charge in [0.15, 0.2) is 0 Å². The van der Waals surface area contributed by atoms with Crippen molar-refractivity contribution in [1.29, 1.82) is 0 Å². The highest BCUT2D eigenvalue weighted by molar-refractivity contribution is 7.92. The summed E-state index contributed by atoms with van der Waals surface area (Å²) < 4.78 is 52.6. The number of rotatable bonds is 7. The fourth-order valence-electron chi connectivity index (χ4n) is 3.54. The molecule has 0 radical (unpaired) electrons. The van der Waals surface area contributed by atoms with Crippen molar-refractivity contribution in [3.63, 3.8) is 0 Å². The molecule has 3 aromatic rings. The lowest BCUT2D eigenvalue weighted by Crippen LogP contribution is -2.16. The van der Waals surface area contributed by atoms with Crippen LogP contribution in [0.5, 0.6) is 11.5 Å². The van der Waals surface area contributed by atoms with Crippen molar-refractivity contribution < 1.29 is 27.1 Å². The summed E-state index contributed by atoms with van der Waals surface area (Å²) in [6.07, 6.45) is 0.813. The molecule has 0 bridgehead atoms. The molecule has 0 aromatic heterocycles. The molecule has 0 saturated heterocycles. The molecule has 0 spiro atoms. The predicted octanol–water partition coefficient (Wildman–Crippen LogP) is 4.60. The van der Waals surface area contributed by atoms with Crippen molar-refractivity contribution in [3.05, 3.63) is 77.6 Å². The van der Waals surface area contributed by atoms with E-state index in [2.05, 4.69) is 10.0 Å². The largest absolute Gasteiger partial charge is 0.492 e. The fraction of sp³-hybridized carbons (Fsp3) is 0.208. The van der Waals surface area contributed by atoms with Gasteiger partial charge >= 0.3 is 0 Å². The van der Waals surface area contributed by atoms with Crippen LogP contribution in [0.4, 0.5) is 15.8 Å². The Morgan fingerprint density at radius 2 is 1.85 bits per heavy atom. The summed E-state index contributed by atoms with van der Waals surface area (Å²) in [6.45, 7) is 4.25. The summed E-state index contributed by atoms with van der Waals surface area (Å²) in [5, 5.41) is 2.80. The molecule has 1 heterocycles. The summed E-state index contributed by atoms with van der Waals surface area (Å²) in [4.78, 5) is 12.7. The Kier molecular flexibility index (Phi) is 6.24. The molecule has 33 heavy (non-hydrogen) atoms. The second-order valence-corrected chi connectivity index (χ2v) is 9.27. The minimum Gasteiger partial charge on any atom is -0.492 e. The second-order valence-electron chi connectivity index (χ2n) is 7.59. The minimum atomic E-state index is -4.02. The number of carbonyl (C=O) groups is 1. The van der Waals surface area contributed by atoms with Gasteiger partial charge in [-0.2, -0.15) is 0 Å². The molecule has 7 nitrogen and oxygen atoms in total. The molecule has 2 N–H and O–H groups in total. The van der Waals surface area contributed by atoms with Crippen LogP contribution in [0.15, 0.2) is 65.6 Å². The van der Waals surface area contributed by atoms with E-state index >= 15 is 0 Å². The van der Waals surface area contributed by atoms with Gasteiger partial charge in [0.05, 0.1) is 22.9 Å². The highest BCUT2D eigenvalue weighted by atomic mass is 32.2. The minimum absolute atomic E-state index is 0.0490. The number of hydrogen-bond acceptors (Lipinski definition) is 5. The molecule has 4 rings (SSSR count). The van der Waals surface area contributed by atoms with E-state index in [9.17, 15) is 17.6 Å². The second kappa shape index (κ2) is 9.11. The third-order valence-electron chi connectivity index (χ3n) is 5.09. The standard InChI is InChI=1S/C24H23FN2O5S/c1-3-31-23-13-17-12-15(2)32-22(17)14-21(23)26-24(28)16-8-10-18(11-9-16)33(29,30)27-20-7-5-4-6-19(20)25/h4-11,13-15,27H,3,12H2,1-2H3,(H,26,28). The number of nitrogens with one attached hydrogen (secondary N) is 2. The van der Waals surface area contributed by atoms with Gasteiger partial charge in [-0.1, -0.05) is 12.1 Å². The SMILES string of the molecule is CCOc1cc2c(cc1NC(=O)c1ccc(S(=O)(=O)Nc3ccccc3F)cc1)OC(C)C2. The number of anilines is 2. The Hall–Kier alpha value is -3.59. The van der Waals surface area contributed by atoms with Crippen LogP contribution in [0.3, 0.4) is 0 Å². The highest BCUT2D eigenvalue weighted by Gasteiger charge is 2.23. The molecule has 9 heteroatoms. The Morgan fingerprint density at radius 1 is 1.12 bits per heavy atom. The van der Waals surface area contributed by atoms with Gasteiger partial charge in [0, 0.05) is 23.6 Å². The zero-order valence-electron chi connectivity index (χ0n) is 18.1. The van der Waals surface area contributed by atoms with Crippen LogP contribution in [0.25, 0.3) is 0 Å². The summed E-state index contributed by atoms with van der Waals surface area (Å²) in [5.41, 5.74) is 1.57. The van der Waals surface area contributed by atoms with E-state index < -0.39 is 21.7 Å². The number of fused-ring (bicyclic) bond motifs is 1. The number of ether oxygens (including phenoxy) is 2. The van der Waals surface area contributed by atoms with Gasteiger partial charge in [0.2, 0.25) is 0 Å². The normalized spacial score (nSPS) is 14.8. The van der Waals surface area contributed by atoms with Gasteiger partial charge in [0.1, 0.15) is 23.4 Å². The van der Waals surface area contributed by atoms with Crippen molar-refractivity contribution in [1.82, 2.24) is 0 Å². The van der Waals surface area contributed by atoms with Crippen LogP contribution in [-0.4, -0.2) is 27.0 Å². The maximum Gasteiger partial charge on any atom is 0.261 e. The third-order valence-corrected chi connectivity index (χ3v) is 6.47. The first-order valence-electron chi connectivity index (χ1n) is 10.4. The van der Waals surface area contributed by atoms with E-state index in [1.165, 1.54) is 42.5 Å². The summed E-state index contributed by atoms with van der Waals surface area (Å²) >= 11 is 0. The van der Waals surface area contributed by atoms with E-state index in [0.717, 1.165) is 18.1 Å². The number of amides is 1. The van der Waals surface area contributed by atoms with Crippen molar-refractivity contribution in [3.8, 4) is 11.5 Å². The molecular weight excluding hydrogens is 447 g/mol. The predicted molar refractivity (Wildman–Crippen MR) is 123 cm³/mol. The smallest absolute Gasteiger partial charge is 0.261 e. The van der Waals surface area contributed by atoms with Crippen molar-refractivity contribution in [2.75, 3.05) is 16.6 Å². The van der Waals surface area contributed by atoms with Crippen LogP contribution >= 0.6 is 0 Å². The Balaban J connectivity index is 1.52. The lowest BCUT2D eigenvalue weighted by atomic mass is 10.1. The van der Waals surface area contributed by atoms with Gasteiger partial charge in [-0.05, 0) is 56.3 Å². The first kappa shape index (κ1) is 22.6. The highest BCUT2D eigenvalue weighted by Crippen LogP contribution is 2.38. The monoisotopic (exact) mass is 470 g/mol. The van der Waals surface area contributed by atoms with Crippen LogP contribution in [0.1, 0.15) is 29.8 Å². The average Bonchev–Trinajstić information content (AvgIpc) is 3.14. The van der Waals surface area contributed by atoms with Gasteiger partial charge in [-0.15, -0.1) is 0 Å². The lowest BCUT2D eigenvalue weighted by molar-refractivity contribution is 0.102. The topological polar surface area (TPSA) is 93.7 Å². The maximum absolute atomic E-state index is 13.8. The fourth-order valence-corrected chi connectivity index (χ4v) is 4.61. The molecule has 1 unspecified atom stereocenters. The molecule has 1 aliphatic rings. The van der Waals surface area contributed by atoms with Crippen LogP contribution in [0, 0.1) is 5.82 Å². The van der Waals surface area contributed by atoms with Crippen molar-refractivity contribution in [2.45, 2.75) is 31.3 Å². The molecular formula is C24H23FN2O5S. The first-order chi connectivity index (χ1) is 15.8. The summed E-state index contributed by atoms with van der Waals surface area (Å²) in [7, 11) is -4.02. The van der Waals surface area contributed by atoms with Gasteiger partial charge < -0.3 is 14.8 Å². The first-order valence-corrected chi connectivity index (χ1v) is 11.9.